The summed E-state index contributed by atoms with van der Waals surface area (Å²) in [6.07, 6.45) is 5.30. The van der Waals surface area contributed by atoms with Crippen molar-refractivity contribution in [3.05, 3.63) is 234 Å². The Bertz CT molecular complexity index is 5220. The maximum atomic E-state index is 12.1. The first kappa shape index (κ1) is 70.3. The lowest BCUT2D eigenvalue weighted by molar-refractivity contribution is 0.0252. The second kappa shape index (κ2) is 33.1. The molecule has 0 radical (unpaired) electrons. The van der Waals surface area contributed by atoms with Crippen LogP contribution in [0.2, 0.25) is 0 Å². The Hall–Kier alpha value is -11.8. The maximum absolute atomic E-state index is 12.1. The SMILES string of the molecule is CNC(=O)c1ccc(-c2cc3c(-c4ccc(OC5CCOCC5)c(C#N)c4)cccc3[nH]2)cc1.CNC(=O)c1cccc(-c2cc3c(-c4ccc(OC5CCOCC5)c(C#N)c4)cccc3[nH]2)c1.N#Cc1cc(-c2cccc3[nH]c(-c4cccc(CN5CCOCC5)c4)cc23)ccc1OC1CCOCC1. The highest BCUT2D eigenvalue weighted by molar-refractivity contribution is 6.02. The van der Waals surface area contributed by atoms with Gasteiger partial charge in [-0.15, -0.1) is 0 Å². The number of fused-ring (bicyclic) bond motifs is 3. The van der Waals surface area contributed by atoms with E-state index in [4.69, 9.17) is 33.2 Å². The monoisotopic (exact) mass is 1400 g/mol. The molecule has 528 valence electrons. The maximum Gasteiger partial charge on any atom is 0.251 e. The second-order valence-corrected chi connectivity index (χ2v) is 26.5. The van der Waals surface area contributed by atoms with Crippen molar-refractivity contribution < 1.29 is 42.7 Å². The van der Waals surface area contributed by atoms with E-state index in [1.807, 2.05) is 115 Å². The van der Waals surface area contributed by atoms with E-state index in [1.54, 1.807) is 20.2 Å². The van der Waals surface area contributed by atoms with Gasteiger partial charge in [-0.3, -0.25) is 14.5 Å². The van der Waals surface area contributed by atoms with Gasteiger partial charge >= 0.3 is 0 Å². The van der Waals surface area contributed by atoms with Crippen molar-refractivity contribution >= 4 is 44.5 Å². The zero-order valence-corrected chi connectivity index (χ0v) is 58.8. The molecule has 18 heteroatoms. The molecule has 7 heterocycles. The highest BCUT2D eigenvalue weighted by Crippen LogP contribution is 2.40. The molecule has 9 aromatic carbocycles. The molecule has 0 bridgehead atoms. The third-order valence-corrected chi connectivity index (χ3v) is 19.7. The van der Waals surface area contributed by atoms with Crippen molar-refractivity contribution in [3.63, 3.8) is 0 Å². The molecule has 0 unspecified atom stereocenters. The molecule has 4 aliphatic rings. The normalized spacial score (nSPS) is 15.1. The minimum Gasteiger partial charge on any atom is -0.489 e. The van der Waals surface area contributed by atoms with Crippen LogP contribution in [0.5, 0.6) is 17.2 Å². The second-order valence-electron chi connectivity index (χ2n) is 26.5. The first-order valence-corrected chi connectivity index (χ1v) is 35.9. The lowest BCUT2D eigenvalue weighted by Crippen LogP contribution is -2.35. The summed E-state index contributed by atoms with van der Waals surface area (Å²) in [6, 6.07) is 73.1. The molecule has 4 saturated heterocycles. The predicted octanol–water partition coefficient (Wildman–Crippen LogP) is 16.3. The standard InChI is InChI=1S/C31H31N3O3.2C28H25N3O3/c32-20-25-18-23(7-8-31(25)37-26-9-13-35-14-10-26)27-5-2-6-29-28(27)19-30(33-29)24-4-1-3-22(17-24)21-34-11-15-36-16-12-34;1-30-28(32)20-5-2-4-19(15-20)26-16-24-23(6-3-7-25(24)31-26)18-8-9-27(21(14-18)17-29)34-22-10-12-33-13-11-22;1-30-28(32)19-7-5-18(6-8-19)26-16-24-23(3-2-4-25(24)31-26)20-9-10-27(21(15-20)17-29)34-22-11-13-33-14-12-22/h1-8,17-19,26,33H,9-16,21H2;2-9,14-16,22,31H,10-13H2,1H3,(H,30,32);2-10,15-16,22,31H,11-14H2,1H3,(H,30,32). The molecule has 2 amide bonds. The Morgan fingerprint density at radius 3 is 1.17 bits per heavy atom. The predicted molar refractivity (Wildman–Crippen MR) is 408 cm³/mol. The number of H-pyrrole nitrogens is 3. The van der Waals surface area contributed by atoms with E-state index in [0.717, 1.165) is 166 Å². The number of ether oxygens (including phenoxy) is 7. The van der Waals surface area contributed by atoms with Gasteiger partial charge in [-0.25, -0.2) is 0 Å². The largest absolute Gasteiger partial charge is 0.489 e. The van der Waals surface area contributed by atoms with Gasteiger partial charge in [0, 0.05) is 133 Å². The quantitative estimate of drug-likeness (QED) is 0.0605. The highest BCUT2D eigenvalue weighted by atomic mass is 16.5. The number of carbonyl (C=O) groups excluding carboxylic acids is 2. The molecule has 0 atom stereocenters. The average Bonchev–Trinajstić information content (AvgIpc) is 1.69. The first-order valence-electron chi connectivity index (χ1n) is 35.9. The van der Waals surface area contributed by atoms with Crippen LogP contribution in [0.1, 0.15) is 81.5 Å². The minimum atomic E-state index is -0.120. The fraction of sp³-hybridized carbons (Fsp3) is 0.253. The number of nitrogens with one attached hydrogen (secondary N) is 5. The average molecular weight is 1400 g/mol. The smallest absolute Gasteiger partial charge is 0.251 e. The lowest BCUT2D eigenvalue weighted by Gasteiger charge is -2.26. The number of rotatable bonds is 16. The van der Waals surface area contributed by atoms with Gasteiger partial charge in [0.05, 0.1) is 69.5 Å². The molecule has 0 aliphatic carbocycles. The summed E-state index contributed by atoms with van der Waals surface area (Å²) in [6.45, 7) is 8.67. The Labute approximate surface area is 610 Å². The molecule has 105 heavy (non-hydrogen) atoms. The summed E-state index contributed by atoms with van der Waals surface area (Å²) in [5, 5.41) is 38.0. The van der Waals surface area contributed by atoms with Gasteiger partial charge in [-0.2, -0.15) is 15.8 Å². The third kappa shape index (κ3) is 16.5. The van der Waals surface area contributed by atoms with Gasteiger partial charge in [0.15, 0.2) is 0 Å². The van der Waals surface area contributed by atoms with Gasteiger partial charge in [-0.05, 0) is 159 Å². The molecule has 12 aromatic rings. The summed E-state index contributed by atoms with van der Waals surface area (Å²) in [5.41, 5.74) is 19.4. The molecule has 16 rings (SSSR count). The number of aromatic amines is 3. The first-order chi connectivity index (χ1) is 51.6. The number of hydrogen-bond acceptors (Lipinski definition) is 13. The summed E-state index contributed by atoms with van der Waals surface area (Å²) < 4.78 is 40.1. The zero-order chi connectivity index (χ0) is 72.0. The van der Waals surface area contributed by atoms with Gasteiger partial charge in [0.2, 0.25) is 0 Å². The Morgan fingerprint density at radius 1 is 0.400 bits per heavy atom. The number of benzene rings is 9. The number of carbonyl (C=O) groups is 2. The van der Waals surface area contributed by atoms with E-state index >= 15 is 0 Å². The van der Waals surface area contributed by atoms with Crippen LogP contribution in [0.4, 0.5) is 0 Å². The summed E-state index contributed by atoms with van der Waals surface area (Å²) in [5.74, 6) is 1.66. The Kier molecular flexibility index (Phi) is 22.2. The van der Waals surface area contributed by atoms with Crippen LogP contribution in [0, 0.1) is 34.0 Å². The Balaban J connectivity index is 0.000000133. The fourth-order valence-electron chi connectivity index (χ4n) is 14.0. The van der Waals surface area contributed by atoms with Crippen LogP contribution in [-0.2, 0) is 25.5 Å². The molecule has 4 fully saturated rings. The molecule has 4 aliphatic heterocycles. The summed E-state index contributed by atoms with van der Waals surface area (Å²) in [4.78, 5) is 36.9. The van der Waals surface area contributed by atoms with Gasteiger partial charge in [0.1, 0.15) is 53.8 Å². The van der Waals surface area contributed by atoms with Crippen molar-refractivity contribution in [1.82, 2.24) is 30.5 Å². The van der Waals surface area contributed by atoms with Crippen LogP contribution in [0.25, 0.3) is 99.9 Å². The van der Waals surface area contributed by atoms with Crippen molar-refractivity contribution in [3.8, 4) is 103 Å². The van der Waals surface area contributed by atoms with E-state index in [2.05, 4.69) is 128 Å². The summed E-state index contributed by atoms with van der Waals surface area (Å²) in [7, 11) is 3.25. The Morgan fingerprint density at radius 2 is 0.762 bits per heavy atom. The molecule has 0 spiro atoms. The van der Waals surface area contributed by atoms with Crippen LogP contribution >= 0.6 is 0 Å². The topological polar surface area (TPSA) is 245 Å². The minimum absolute atomic E-state index is 0.0768. The highest BCUT2D eigenvalue weighted by Gasteiger charge is 2.23. The number of amides is 2. The van der Waals surface area contributed by atoms with Crippen LogP contribution in [0.15, 0.2) is 200 Å². The third-order valence-electron chi connectivity index (χ3n) is 19.7. The van der Waals surface area contributed by atoms with E-state index in [0.29, 0.717) is 84.7 Å². The molecule has 5 N–H and O–H groups in total. The van der Waals surface area contributed by atoms with E-state index in [-0.39, 0.29) is 30.1 Å². The van der Waals surface area contributed by atoms with E-state index in [1.165, 1.54) is 11.1 Å². The number of nitrogens with zero attached hydrogens (tertiary/aromatic N) is 4. The molecule has 0 saturated carbocycles. The van der Waals surface area contributed by atoms with Crippen LogP contribution < -0.4 is 24.8 Å². The van der Waals surface area contributed by atoms with Gasteiger partial charge < -0.3 is 58.7 Å². The van der Waals surface area contributed by atoms with Crippen molar-refractivity contribution in [2.24, 2.45) is 0 Å². The number of nitriles is 3. The van der Waals surface area contributed by atoms with Crippen molar-refractivity contribution in [1.29, 1.82) is 15.8 Å². The molecular weight excluding hydrogens is 1320 g/mol. The van der Waals surface area contributed by atoms with E-state index in [9.17, 15) is 25.4 Å². The van der Waals surface area contributed by atoms with Gasteiger partial charge in [0.25, 0.3) is 11.8 Å². The van der Waals surface area contributed by atoms with Crippen molar-refractivity contribution in [2.45, 2.75) is 63.4 Å². The van der Waals surface area contributed by atoms with Crippen LogP contribution in [0.3, 0.4) is 0 Å². The van der Waals surface area contributed by atoms with E-state index < -0.39 is 0 Å². The summed E-state index contributed by atoms with van der Waals surface area (Å²) >= 11 is 0. The van der Waals surface area contributed by atoms with Crippen LogP contribution in [-0.4, -0.2) is 130 Å². The molecule has 18 nitrogen and oxygen atoms in total. The number of aromatic nitrogens is 3. The van der Waals surface area contributed by atoms with Crippen molar-refractivity contribution in [2.75, 3.05) is 80.0 Å². The fourth-order valence-corrected chi connectivity index (χ4v) is 14.0. The number of hydrogen-bond donors (Lipinski definition) is 5. The van der Waals surface area contributed by atoms with Gasteiger partial charge in [-0.1, -0.05) is 97.1 Å². The number of morpholine rings is 1. The molecular formula is C87H81N9O9. The molecule has 3 aromatic heterocycles. The lowest BCUT2D eigenvalue weighted by atomic mass is 9.99. The zero-order valence-electron chi connectivity index (χ0n) is 58.8.